The van der Waals surface area contributed by atoms with E-state index < -0.39 is 17.9 Å². The first-order valence-electron chi connectivity index (χ1n) is 11.9. The number of hydrogen-bond acceptors (Lipinski definition) is 8. The standard InChI is InChI=1S/C25H36O6S2/c1-17(32)12-23(26)29-21-14-19(15-22(16-21)30-24(27)13-18(2)33)25(28)31-20-10-8-6-4-3-5-7-9-11-20/h14-18,20,32-33H,3-13H2,1-2H3. The van der Waals surface area contributed by atoms with Crippen LogP contribution in [0.3, 0.4) is 0 Å². The van der Waals surface area contributed by atoms with Crippen LogP contribution in [0.4, 0.5) is 0 Å². The van der Waals surface area contributed by atoms with Crippen LogP contribution in [0.1, 0.15) is 94.8 Å². The molecule has 0 N–H and O–H groups in total. The van der Waals surface area contributed by atoms with E-state index in [2.05, 4.69) is 25.3 Å². The SMILES string of the molecule is CC(S)CC(=O)Oc1cc(OC(=O)CC(C)S)cc(C(=O)OC2CCCCCCCCC2)c1. The van der Waals surface area contributed by atoms with Crippen molar-refractivity contribution in [3.05, 3.63) is 23.8 Å². The minimum atomic E-state index is -0.516. The molecule has 8 heteroatoms. The smallest absolute Gasteiger partial charge is 0.338 e. The minimum absolute atomic E-state index is 0.103. The van der Waals surface area contributed by atoms with Crippen molar-refractivity contribution in [2.24, 2.45) is 0 Å². The van der Waals surface area contributed by atoms with Gasteiger partial charge in [-0.15, -0.1) is 0 Å². The fraction of sp³-hybridized carbons (Fsp3) is 0.640. The van der Waals surface area contributed by atoms with Crippen LogP contribution in [0.2, 0.25) is 0 Å². The lowest BCUT2D eigenvalue weighted by Crippen LogP contribution is -2.19. The summed E-state index contributed by atoms with van der Waals surface area (Å²) in [5, 5.41) is -0.347. The summed E-state index contributed by atoms with van der Waals surface area (Å²) in [5.74, 6) is -1.25. The van der Waals surface area contributed by atoms with Crippen molar-refractivity contribution in [1.82, 2.24) is 0 Å². The van der Waals surface area contributed by atoms with Gasteiger partial charge in [-0.2, -0.15) is 25.3 Å². The van der Waals surface area contributed by atoms with Gasteiger partial charge in [-0.1, -0.05) is 46.0 Å². The van der Waals surface area contributed by atoms with Gasteiger partial charge in [0.1, 0.15) is 17.6 Å². The highest BCUT2D eigenvalue weighted by Gasteiger charge is 2.20. The van der Waals surface area contributed by atoms with E-state index in [-0.39, 0.29) is 46.5 Å². The number of carbonyl (C=O) groups excluding carboxylic acids is 3. The molecule has 0 aliphatic heterocycles. The minimum Gasteiger partial charge on any atom is -0.459 e. The molecule has 184 valence electrons. The number of carbonyl (C=O) groups is 3. The van der Waals surface area contributed by atoms with E-state index in [1.807, 2.05) is 0 Å². The predicted molar refractivity (Wildman–Crippen MR) is 135 cm³/mol. The van der Waals surface area contributed by atoms with Crippen LogP contribution in [0.15, 0.2) is 18.2 Å². The molecule has 1 aliphatic rings. The summed E-state index contributed by atoms with van der Waals surface area (Å²) >= 11 is 8.41. The second kappa shape index (κ2) is 14.6. The van der Waals surface area contributed by atoms with Crippen LogP contribution in [-0.4, -0.2) is 34.5 Å². The zero-order valence-corrected chi connectivity index (χ0v) is 21.4. The Morgan fingerprint density at radius 3 is 1.64 bits per heavy atom. The number of benzene rings is 1. The molecule has 0 amide bonds. The number of ether oxygens (including phenoxy) is 3. The van der Waals surface area contributed by atoms with Gasteiger partial charge in [-0.3, -0.25) is 9.59 Å². The van der Waals surface area contributed by atoms with E-state index in [1.165, 1.54) is 37.5 Å². The summed E-state index contributed by atoms with van der Waals surface area (Å²) in [6.07, 6.45) is 9.79. The molecule has 0 radical (unpaired) electrons. The summed E-state index contributed by atoms with van der Waals surface area (Å²) in [4.78, 5) is 37.2. The third kappa shape index (κ3) is 11.3. The van der Waals surface area contributed by atoms with Gasteiger partial charge in [0.25, 0.3) is 0 Å². The molecule has 0 bridgehead atoms. The van der Waals surface area contributed by atoms with Crippen LogP contribution >= 0.6 is 25.3 Å². The monoisotopic (exact) mass is 496 g/mol. The molecule has 1 saturated carbocycles. The molecule has 0 aromatic heterocycles. The summed E-state index contributed by atoms with van der Waals surface area (Å²) in [7, 11) is 0. The third-order valence-corrected chi connectivity index (χ3v) is 5.69. The van der Waals surface area contributed by atoms with E-state index in [9.17, 15) is 14.4 Å². The molecule has 1 aromatic rings. The highest BCUT2D eigenvalue weighted by molar-refractivity contribution is 7.81. The molecule has 1 aromatic carbocycles. The van der Waals surface area contributed by atoms with Crippen molar-refractivity contribution in [3.63, 3.8) is 0 Å². The van der Waals surface area contributed by atoms with Crippen molar-refractivity contribution in [2.75, 3.05) is 0 Å². The Balaban J connectivity index is 2.17. The summed E-state index contributed by atoms with van der Waals surface area (Å²) < 4.78 is 16.6. The van der Waals surface area contributed by atoms with Crippen molar-refractivity contribution < 1.29 is 28.6 Å². The Labute approximate surface area is 207 Å². The van der Waals surface area contributed by atoms with Crippen molar-refractivity contribution >= 4 is 43.2 Å². The van der Waals surface area contributed by atoms with Crippen LogP contribution in [0.25, 0.3) is 0 Å². The van der Waals surface area contributed by atoms with Gasteiger partial charge in [-0.05, 0) is 37.8 Å². The van der Waals surface area contributed by atoms with E-state index in [0.717, 1.165) is 38.5 Å². The molecule has 0 heterocycles. The van der Waals surface area contributed by atoms with Crippen molar-refractivity contribution in [3.8, 4) is 11.5 Å². The van der Waals surface area contributed by atoms with Crippen LogP contribution < -0.4 is 9.47 Å². The highest BCUT2D eigenvalue weighted by Crippen LogP contribution is 2.27. The average Bonchev–Trinajstić information content (AvgIpc) is 2.71. The fourth-order valence-electron chi connectivity index (χ4n) is 3.75. The Morgan fingerprint density at radius 1 is 0.788 bits per heavy atom. The molecule has 1 aliphatic carbocycles. The van der Waals surface area contributed by atoms with Crippen LogP contribution in [-0.2, 0) is 14.3 Å². The van der Waals surface area contributed by atoms with Gasteiger partial charge in [-0.25, -0.2) is 4.79 Å². The molecule has 0 spiro atoms. The lowest BCUT2D eigenvalue weighted by atomic mass is 9.99. The summed E-state index contributed by atoms with van der Waals surface area (Å²) in [5.41, 5.74) is 0.179. The molecule has 6 nitrogen and oxygen atoms in total. The van der Waals surface area contributed by atoms with Crippen LogP contribution in [0, 0.1) is 0 Å². The quantitative estimate of drug-likeness (QED) is 0.262. The van der Waals surface area contributed by atoms with E-state index in [1.54, 1.807) is 13.8 Å². The number of hydrogen-bond donors (Lipinski definition) is 2. The van der Waals surface area contributed by atoms with E-state index in [0.29, 0.717) is 0 Å². The summed E-state index contributed by atoms with van der Waals surface area (Å²) in [6, 6.07) is 4.31. The Morgan fingerprint density at radius 2 is 1.21 bits per heavy atom. The third-order valence-electron chi connectivity index (χ3n) is 5.33. The second-order valence-electron chi connectivity index (χ2n) is 8.83. The molecule has 2 atom stereocenters. The van der Waals surface area contributed by atoms with E-state index in [4.69, 9.17) is 14.2 Å². The van der Waals surface area contributed by atoms with Gasteiger partial charge < -0.3 is 14.2 Å². The maximum absolute atomic E-state index is 13.0. The van der Waals surface area contributed by atoms with Crippen molar-refractivity contribution in [2.45, 2.75) is 101 Å². The lowest BCUT2D eigenvalue weighted by molar-refractivity contribution is -0.134. The van der Waals surface area contributed by atoms with Crippen molar-refractivity contribution in [1.29, 1.82) is 0 Å². The number of thiol groups is 2. The maximum atomic E-state index is 13.0. The largest absolute Gasteiger partial charge is 0.459 e. The first-order valence-corrected chi connectivity index (χ1v) is 12.9. The zero-order valence-electron chi connectivity index (χ0n) is 19.6. The molecular formula is C25H36O6S2. The maximum Gasteiger partial charge on any atom is 0.338 e. The lowest BCUT2D eigenvalue weighted by Gasteiger charge is -2.19. The predicted octanol–water partition coefficient (Wildman–Crippen LogP) is 5.96. The first-order chi connectivity index (χ1) is 15.7. The first kappa shape index (κ1) is 27.6. The highest BCUT2D eigenvalue weighted by atomic mass is 32.1. The Hall–Kier alpha value is -1.67. The van der Waals surface area contributed by atoms with Crippen LogP contribution in [0.5, 0.6) is 11.5 Å². The summed E-state index contributed by atoms with van der Waals surface area (Å²) in [6.45, 7) is 3.56. The number of rotatable bonds is 8. The number of esters is 3. The van der Waals surface area contributed by atoms with E-state index >= 15 is 0 Å². The van der Waals surface area contributed by atoms with Gasteiger partial charge in [0.2, 0.25) is 0 Å². The average molecular weight is 497 g/mol. The topological polar surface area (TPSA) is 78.9 Å². The van der Waals surface area contributed by atoms with Gasteiger partial charge >= 0.3 is 17.9 Å². The molecule has 2 rings (SSSR count). The zero-order chi connectivity index (χ0) is 24.2. The molecular weight excluding hydrogens is 460 g/mol. The fourth-order valence-corrected chi connectivity index (χ4v) is 4.04. The molecule has 0 saturated heterocycles. The van der Waals surface area contributed by atoms with Gasteiger partial charge in [0.05, 0.1) is 18.4 Å². The van der Waals surface area contributed by atoms with Gasteiger partial charge in [0.15, 0.2) is 0 Å². The Bertz CT molecular complexity index is 741. The Kier molecular flexibility index (Phi) is 12.2. The molecule has 33 heavy (non-hydrogen) atoms. The molecule has 2 unspecified atom stereocenters. The van der Waals surface area contributed by atoms with Gasteiger partial charge in [0, 0.05) is 16.6 Å². The second-order valence-corrected chi connectivity index (χ2v) is 10.6. The molecule has 1 fully saturated rings. The normalized spacial score (nSPS) is 17.5.